The van der Waals surface area contributed by atoms with Crippen molar-refractivity contribution < 1.29 is 8.78 Å². The van der Waals surface area contributed by atoms with Gasteiger partial charge in [0, 0.05) is 12.5 Å². The highest BCUT2D eigenvalue weighted by atomic mass is 35.5. The molecule has 0 saturated carbocycles. The lowest BCUT2D eigenvalue weighted by atomic mass is 9.92. The van der Waals surface area contributed by atoms with E-state index in [1.807, 2.05) is 13.1 Å². The minimum absolute atomic E-state index is 0.0799. The Balaban J connectivity index is 2.22. The van der Waals surface area contributed by atoms with Crippen molar-refractivity contribution in [3.63, 3.8) is 0 Å². The van der Waals surface area contributed by atoms with E-state index in [0.717, 1.165) is 11.1 Å². The molecule has 2 aromatic carbocycles. The van der Waals surface area contributed by atoms with Crippen LogP contribution in [0.2, 0.25) is 5.02 Å². The molecule has 106 valence electrons. The second kappa shape index (κ2) is 6.82. The smallest absolute Gasteiger partial charge is 0.142 e. The minimum Gasteiger partial charge on any atom is -0.319 e. The quantitative estimate of drug-likeness (QED) is 0.873. The van der Waals surface area contributed by atoms with Gasteiger partial charge >= 0.3 is 0 Å². The summed E-state index contributed by atoms with van der Waals surface area (Å²) in [6, 6.07) is 11.3. The molecule has 1 unspecified atom stereocenters. The third kappa shape index (κ3) is 3.78. The second-order valence-electron chi connectivity index (χ2n) is 4.76. The van der Waals surface area contributed by atoms with Gasteiger partial charge in [-0.15, -0.1) is 0 Å². The Kier molecular flexibility index (Phi) is 5.10. The molecule has 0 aromatic heterocycles. The van der Waals surface area contributed by atoms with Gasteiger partial charge in [0.2, 0.25) is 0 Å². The fourth-order valence-corrected chi connectivity index (χ4v) is 2.38. The number of benzene rings is 2. The highest BCUT2D eigenvalue weighted by Crippen LogP contribution is 2.23. The monoisotopic (exact) mass is 295 g/mol. The lowest BCUT2D eigenvalue weighted by molar-refractivity contribution is 0.595. The maximum Gasteiger partial charge on any atom is 0.142 e. The number of likely N-dealkylation sites (N-methyl/N-ethyl adjacent to an activating group) is 1. The molecule has 20 heavy (non-hydrogen) atoms. The lowest BCUT2D eigenvalue weighted by Crippen LogP contribution is -2.19. The number of hydrogen-bond donors (Lipinski definition) is 1. The van der Waals surface area contributed by atoms with Crippen LogP contribution >= 0.6 is 11.6 Å². The molecule has 0 aliphatic heterocycles. The standard InChI is InChI=1S/C16H16ClF2N/c1-20-10-13(12-3-2-4-14(18)9-12)7-11-5-6-15(17)16(19)8-11/h2-6,8-9,13,20H,7,10H2,1H3. The Morgan fingerprint density at radius 3 is 2.60 bits per heavy atom. The van der Waals surface area contributed by atoms with Gasteiger partial charge in [-0.2, -0.15) is 0 Å². The molecule has 0 spiro atoms. The molecule has 2 rings (SSSR count). The summed E-state index contributed by atoms with van der Waals surface area (Å²) in [4.78, 5) is 0. The average Bonchev–Trinajstić information content (AvgIpc) is 2.42. The molecule has 0 aliphatic carbocycles. The van der Waals surface area contributed by atoms with Crippen molar-refractivity contribution in [3.8, 4) is 0 Å². The molecule has 4 heteroatoms. The second-order valence-corrected chi connectivity index (χ2v) is 5.17. The molecule has 1 nitrogen and oxygen atoms in total. The van der Waals surface area contributed by atoms with Crippen LogP contribution in [0.15, 0.2) is 42.5 Å². The average molecular weight is 296 g/mol. The van der Waals surface area contributed by atoms with Gasteiger partial charge in [0.25, 0.3) is 0 Å². The minimum atomic E-state index is -0.424. The number of hydrogen-bond acceptors (Lipinski definition) is 1. The van der Waals surface area contributed by atoms with Crippen LogP contribution in [0.4, 0.5) is 8.78 Å². The summed E-state index contributed by atoms with van der Waals surface area (Å²) in [5, 5.41) is 3.21. The van der Waals surface area contributed by atoms with Gasteiger partial charge in [0.15, 0.2) is 0 Å². The molecule has 0 heterocycles. The third-order valence-corrected chi connectivity index (χ3v) is 3.54. The molecule has 0 saturated heterocycles. The SMILES string of the molecule is CNCC(Cc1ccc(Cl)c(F)c1)c1cccc(F)c1. The van der Waals surface area contributed by atoms with E-state index in [-0.39, 0.29) is 16.8 Å². The van der Waals surface area contributed by atoms with Crippen LogP contribution in [0.1, 0.15) is 17.0 Å². The Hall–Kier alpha value is -1.45. The molecule has 0 aliphatic rings. The first kappa shape index (κ1) is 14.9. The fraction of sp³-hybridized carbons (Fsp3) is 0.250. The highest BCUT2D eigenvalue weighted by molar-refractivity contribution is 6.30. The number of halogens is 3. The zero-order valence-electron chi connectivity index (χ0n) is 11.2. The van der Waals surface area contributed by atoms with Crippen molar-refractivity contribution in [2.75, 3.05) is 13.6 Å². The largest absolute Gasteiger partial charge is 0.319 e. The maximum atomic E-state index is 13.5. The van der Waals surface area contributed by atoms with E-state index >= 15 is 0 Å². The van der Waals surface area contributed by atoms with Crippen molar-refractivity contribution in [3.05, 3.63) is 70.2 Å². The molecule has 1 N–H and O–H groups in total. The van der Waals surface area contributed by atoms with Gasteiger partial charge in [-0.05, 0) is 48.9 Å². The van der Waals surface area contributed by atoms with E-state index in [9.17, 15) is 8.78 Å². The summed E-state index contributed by atoms with van der Waals surface area (Å²) in [6.45, 7) is 0.688. The predicted molar refractivity (Wildman–Crippen MR) is 78.2 cm³/mol. The molecule has 0 bridgehead atoms. The van der Waals surface area contributed by atoms with Gasteiger partial charge in [0.05, 0.1) is 5.02 Å². The Morgan fingerprint density at radius 1 is 1.15 bits per heavy atom. The van der Waals surface area contributed by atoms with Gasteiger partial charge in [0.1, 0.15) is 11.6 Å². The summed E-state index contributed by atoms with van der Waals surface area (Å²) in [7, 11) is 1.84. The summed E-state index contributed by atoms with van der Waals surface area (Å²) in [5.74, 6) is -0.603. The van der Waals surface area contributed by atoms with Gasteiger partial charge in [-0.3, -0.25) is 0 Å². The van der Waals surface area contributed by atoms with Crippen LogP contribution in [0, 0.1) is 11.6 Å². The van der Waals surface area contributed by atoms with Crippen LogP contribution in [0.3, 0.4) is 0 Å². The normalized spacial score (nSPS) is 12.4. The van der Waals surface area contributed by atoms with Crippen molar-refractivity contribution in [1.82, 2.24) is 5.32 Å². The van der Waals surface area contributed by atoms with Crippen LogP contribution < -0.4 is 5.32 Å². The van der Waals surface area contributed by atoms with E-state index in [4.69, 9.17) is 11.6 Å². The van der Waals surface area contributed by atoms with Gasteiger partial charge in [-0.25, -0.2) is 8.78 Å². The predicted octanol–water partition coefficient (Wildman–Crippen LogP) is 4.16. The third-order valence-electron chi connectivity index (χ3n) is 3.24. The van der Waals surface area contributed by atoms with E-state index in [1.165, 1.54) is 18.2 Å². The van der Waals surface area contributed by atoms with E-state index < -0.39 is 5.82 Å². The van der Waals surface area contributed by atoms with Crippen molar-refractivity contribution in [1.29, 1.82) is 0 Å². The number of nitrogens with one attached hydrogen (secondary N) is 1. The van der Waals surface area contributed by atoms with Crippen LogP contribution in [-0.4, -0.2) is 13.6 Å². The molecule has 1 atom stereocenters. The molecule has 0 amide bonds. The zero-order chi connectivity index (χ0) is 14.5. The van der Waals surface area contributed by atoms with E-state index in [2.05, 4.69) is 5.32 Å². The van der Waals surface area contributed by atoms with Gasteiger partial charge in [-0.1, -0.05) is 29.8 Å². The first-order chi connectivity index (χ1) is 9.60. The number of rotatable bonds is 5. The van der Waals surface area contributed by atoms with Crippen LogP contribution in [-0.2, 0) is 6.42 Å². The Morgan fingerprint density at radius 2 is 1.95 bits per heavy atom. The summed E-state index contributed by atoms with van der Waals surface area (Å²) in [6.07, 6.45) is 0.623. The van der Waals surface area contributed by atoms with Crippen molar-refractivity contribution in [2.24, 2.45) is 0 Å². The Bertz CT molecular complexity index is 586. The Labute approximate surface area is 122 Å². The lowest BCUT2D eigenvalue weighted by Gasteiger charge is -2.17. The highest BCUT2D eigenvalue weighted by Gasteiger charge is 2.13. The maximum absolute atomic E-state index is 13.5. The molecular weight excluding hydrogens is 280 g/mol. The van der Waals surface area contributed by atoms with Crippen molar-refractivity contribution in [2.45, 2.75) is 12.3 Å². The van der Waals surface area contributed by atoms with Crippen LogP contribution in [0.25, 0.3) is 0 Å². The zero-order valence-corrected chi connectivity index (χ0v) is 11.9. The topological polar surface area (TPSA) is 12.0 Å². The van der Waals surface area contributed by atoms with Crippen LogP contribution in [0.5, 0.6) is 0 Å². The molecular formula is C16H16ClF2N. The molecule has 0 fully saturated rings. The van der Waals surface area contributed by atoms with Gasteiger partial charge < -0.3 is 5.32 Å². The van der Waals surface area contributed by atoms with E-state index in [1.54, 1.807) is 18.2 Å². The summed E-state index contributed by atoms with van der Waals surface area (Å²) in [5.41, 5.74) is 1.74. The fourth-order valence-electron chi connectivity index (χ4n) is 2.27. The molecule has 0 radical (unpaired) electrons. The first-order valence-corrected chi connectivity index (χ1v) is 6.82. The van der Waals surface area contributed by atoms with E-state index in [0.29, 0.717) is 13.0 Å². The summed E-state index contributed by atoms with van der Waals surface area (Å²) >= 11 is 5.68. The summed E-state index contributed by atoms with van der Waals surface area (Å²) < 4.78 is 26.8. The first-order valence-electron chi connectivity index (χ1n) is 6.44. The van der Waals surface area contributed by atoms with Crippen molar-refractivity contribution >= 4 is 11.6 Å². The molecule has 2 aromatic rings.